The minimum atomic E-state index is -0.638. The molecule has 0 fully saturated rings. The van der Waals surface area contributed by atoms with Crippen LogP contribution in [0.2, 0.25) is 0 Å². The number of benzene rings is 2. The lowest BCUT2D eigenvalue weighted by Gasteiger charge is -2.18. The third-order valence-corrected chi connectivity index (χ3v) is 4.18. The summed E-state index contributed by atoms with van der Waals surface area (Å²) in [4.78, 5) is 13.0. The van der Waals surface area contributed by atoms with Crippen molar-refractivity contribution in [1.82, 2.24) is 5.32 Å². The molecule has 2 aromatic rings. The lowest BCUT2D eigenvalue weighted by Crippen LogP contribution is -2.35. The molecular weight excluding hydrogens is 326 g/mol. The first-order valence-electron chi connectivity index (χ1n) is 9.04. The van der Waals surface area contributed by atoms with Crippen LogP contribution in [0, 0.1) is 20.8 Å². The van der Waals surface area contributed by atoms with Crippen LogP contribution in [0.1, 0.15) is 46.5 Å². The van der Waals surface area contributed by atoms with Gasteiger partial charge < -0.3 is 15.2 Å². The second kappa shape index (κ2) is 8.97. The summed E-state index contributed by atoms with van der Waals surface area (Å²) in [7, 11) is 0. The minimum Gasteiger partial charge on any atom is -0.490 e. The van der Waals surface area contributed by atoms with Gasteiger partial charge >= 0.3 is 0 Å². The monoisotopic (exact) mass is 355 g/mol. The van der Waals surface area contributed by atoms with Gasteiger partial charge in [-0.3, -0.25) is 4.79 Å². The van der Waals surface area contributed by atoms with Crippen LogP contribution in [-0.4, -0.2) is 36.2 Å². The van der Waals surface area contributed by atoms with Crippen molar-refractivity contribution in [1.29, 1.82) is 0 Å². The average molecular weight is 355 g/mol. The summed E-state index contributed by atoms with van der Waals surface area (Å²) in [5.74, 6) is 0.462. The molecule has 1 atom stereocenters. The smallest absolute Gasteiger partial charge is 0.197 e. The number of hydrogen-bond donors (Lipinski definition) is 2. The van der Waals surface area contributed by atoms with Crippen molar-refractivity contribution < 1.29 is 14.6 Å². The van der Waals surface area contributed by atoms with Crippen LogP contribution in [-0.2, 0) is 0 Å². The SMILES string of the molecule is Cc1ccc(C(=O)c2c(C)cc(C)cc2OCC(O)CNC(C)C)cc1. The molecule has 26 heavy (non-hydrogen) atoms. The molecule has 0 aliphatic carbocycles. The van der Waals surface area contributed by atoms with Gasteiger partial charge in [0.25, 0.3) is 0 Å². The molecule has 2 rings (SSSR count). The van der Waals surface area contributed by atoms with Crippen LogP contribution in [0.3, 0.4) is 0 Å². The van der Waals surface area contributed by atoms with E-state index in [2.05, 4.69) is 5.32 Å². The zero-order chi connectivity index (χ0) is 19.3. The Bertz CT molecular complexity index is 751. The number of aryl methyl sites for hydroxylation is 3. The molecule has 4 nitrogen and oxygen atoms in total. The van der Waals surface area contributed by atoms with Crippen molar-refractivity contribution in [2.45, 2.75) is 46.8 Å². The van der Waals surface area contributed by atoms with Crippen molar-refractivity contribution in [3.05, 3.63) is 64.2 Å². The Kier molecular flexibility index (Phi) is 6.95. The Morgan fingerprint density at radius 1 is 1.08 bits per heavy atom. The highest BCUT2D eigenvalue weighted by atomic mass is 16.5. The molecule has 0 heterocycles. The van der Waals surface area contributed by atoms with Crippen LogP contribution in [0.25, 0.3) is 0 Å². The highest BCUT2D eigenvalue weighted by Crippen LogP contribution is 2.27. The van der Waals surface area contributed by atoms with Gasteiger partial charge in [-0.15, -0.1) is 0 Å². The van der Waals surface area contributed by atoms with E-state index in [0.29, 0.717) is 29.5 Å². The largest absolute Gasteiger partial charge is 0.490 e. The molecule has 0 radical (unpaired) electrons. The number of ether oxygens (including phenoxy) is 1. The fourth-order valence-corrected chi connectivity index (χ4v) is 2.80. The molecule has 2 N–H and O–H groups in total. The molecule has 4 heteroatoms. The maximum absolute atomic E-state index is 13.0. The zero-order valence-corrected chi connectivity index (χ0v) is 16.3. The molecule has 0 aromatic heterocycles. The Morgan fingerprint density at radius 3 is 2.35 bits per heavy atom. The molecule has 0 saturated carbocycles. The highest BCUT2D eigenvalue weighted by Gasteiger charge is 2.19. The van der Waals surface area contributed by atoms with Crippen LogP contribution in [0.5, 0.6) is 5.75 Å². The molecule has 0 aliphatic heterocycles. The summed E-state index contributed by atoms with van der Waals surface area (Å²) in [5, 5.41) is 13.3. The van der Waals surface area contributed by atoms with E-state index < -0.39 is 6.10 Å². The zero-order valence-electron chi connectivity index (χ0n) is 16.3. The Morgan fingerprint density at radius 2 is 1.73 bits per heavy atom. The van der Waals surface area contributed by atoms with Gasteiger partial charge in [-0.2, -0.15) is 0 Å². The lowest BCUT2D eigenvalue weighted by atomic mass is 9.96. The van der Waals surface area contributed by atoms with Gasteiger partial charge in [-0.25, -0.2) is 0 Å². The van der Waals surface area contributed by atoms with E-state index in [0.717, 1.165) is 16.7 Å². The summed E-state index contributed by atoms with van der Waals surface area (Å²) in [6, 6.07) is 11.7. The molecular formula is C22H29NO3. The fourth-order valence-electron chi connectivity index (χ4n) is 2.80. The quantitative estimate of drug-likeness (QED) is 0.711. The normalized spacial score (nSPS) is 12.3. The van der Waals surface area contributed by atoms with Gasteiger partial charge in [0.1, 0.15) is 18.5 Å². The summed E-state index contributed by atoms with van der Waals surface area (Å²) < 4.78 is 5.85. The fraction of sp³-hybridized carbons (Fsp3) is 0.409. The second-order valence-electron chi connectivity index (χ2n) is 7.18. The maximum Gasteiger partial charge on any atom is 0.197 e. The third-order valence-electron chi connectivity index (χ3n) is 4.18. The van der Waals surface area contributed by atoms with Gasteiger partial charge in [0.2, 0.25) is 0 Å². The second-order valence-corrected chi connectivity index (χ2v) is 7.18. The topological polar surface area (TPSA) is 58.6 Å². The molecule has 1 unspecified atom stereocenters. The summed E-state index contributed by atoms with van der Waals surface area (Å²) in [6.07, 6.45) is -0.638. The standard InChI is InChI=1S/C22H29NO3/c1-14(2)23-12-19(24)13-26-20-11-16(4)10-17(5)21(20)22(25)18-8-6-15(3)7-9-18/h6-11,14,19,23-24H,12-13H2,1-5H3. The summed E-state index contributed by atoms with van der Waals surface area (Å²) in [6.45, 7) is 10.5. The summed E-state index contributed by atoms with van der Waals surface area (Å²) >= 11 is 0. The van der Waals surface area contributed by atoms with Crippen molar-refractivity contribution in [3.63, 3.8) is 0 Å². The highest BCUT2D eigenvalue weighted by molar-refractivity contribution is 6.11. The molecule has 2 aromatic carbocycles. The predicted octanol–water partition coefficient (Wildman–Crippen LogP) is 3.58. The van der Waals surface area contributed by atoms with Crippen LogP contribution in [0.4, 0.5) is 0 Å². The van der Waals surface area contributed by atoms with E-state index in [4.69, 9.17) is 4.74 Å². The third kappa shape index (κ3) is 5.41. The van der Waals surface area contributed by atoms with Crippen LogP contribution in [0.15, 0.2) is 36.4 Å². The Labute approximate surface area is 156 Å². The first kappa shape index (κ1) is 20.1. The van der Waals surface area contributed by atoms with Crippen LogP contribution >= 0.6 is 0 Å². The molecule has 0 amide bonds. The molecule has 0 spiro atoms. The van der Waals surface area contributed by atoms with E-state index in [1.54, 1.807) is 0 Å². The molecule has 0 bridgehead atoms. The van der Waals surface area contributed by atoms with Crippen molar-refractivity contribution >= 4 is 5.78 Å². The number of aliphatic hydroxyl groups excluding tert-OH is 1. The first-order valence-corrected chi connectivity index (χ1v) is 9.04. The van der Waals surface area contributed by atoms with Crippen molar-refractivity contribution in [2.24, 2.45) is 0 Å². The van der Waals surface area contributed by atoms with E-state index in [1.165, 1.54) is 0 Å². The number of carbonyl (C=O) groups excluding carboxylic acids is 1. The molecule has 140 valence electrons. The van der Waals surface area contributed by atoms with Gasteiger partial charge in [0.15, 0.2) is 5.78 Å². The van der Waals surface area contributed by atoms with Gasteiger partial charge in [0, 0.05) is 18.2 Å². The number of hydrogen-bond acceptors (Lipinski definition) is 4. The minimum absolute atomic E-state index is 0.0627. The Balaban J connectivity index is 2.23. The van der Waals surface area contributed by atoms with Crippen molar-refractivity contribution in [3.8, 4) is 5.75 Å². The maximum atomic E-state index is 13.0. The number of aliphatic hydroxyl groups is 1. The lowest BCUT2D eigenvalue weighted by molar-refractivity contribution is 0.0981. The molecule has 0 aliphatic rings. The Hall–Kier alpha value is -2.17. The molecule has 0 saturated heterocycles. The van der Waals surface area contributed by atoms with E-state index in [1.807, 2.05) is 71.0 Å². The number of ketones is 1. The number of rotatable bonds is 8. The van der Waals surface area contributed by atoms with Gasteiger partial charge in [0.05, 0.1) is 5.56 Å². The average Bonchev–Trinajstić information content (AvgIpc) is 2.57. The number of carbonyl (C=O) groups is 1. The van der Waals surface area contributed by atoms with Crippen molar-refractivity contribution in [2.75, 3.05) is 13.2 Å². The van der Waals surface area contributed by atoms with E-state index >= 15 is 0 Å². The van der Waals surface area contributed by atoms with E-state index in [-0.39, 0.29) is 12.4 Å². The van der Waals surface area contributed by atoms with Gasteiger partial charge in [-0.05, 0) is 38.0 Å². The summed E-state index contributed by atoms with van der Waals surface area (Å²) in [5.41, 5.74) is 4.20. The first-order chi connectivity index (χ1) is 12.3. The van der Waals surface area contributed by atoms with E-state index in [9.17, 15) is 9.90 Å². The van der Waals surface area contributed by atoms with Gasteiger partial charge in [-0.1, -0.05) is 49.7 Å². The number of nitrogens with one attached hydrogen (secondary N) is 1. The predicted molar refractivity (Wildman–Crippen MR) is 105 cm³/mol. The van der Waals surface area contributed by atoms with Crippen LogP contribution < -0.4 is 10.1 Å².